The zero-order valence-corrected chi connectivity index (χ0v) is 11.6. The van der Waals surface area contributed by atoms with Crippen molar-refractivity contribution in [3.63, 3.8) is 0 Å². The number of pyridine rings is 1. The second-order valence-corrected chi connectivity index (χ2v) is 5.03. The highest BCUT2D eigenvalue weighted by molar-refractivity contribution is 9.11. The molecule has 0 N–H and O–H groups in total. The lowest BCUT2D eigenvalue weighted by Crippen LogP contribution is -2.40. The maximum Gasteiger partial charge on any atom is 0.254 e. The predicted octanol–water partition coefficient (Wildman–Crippen LogP) is 2.08. The lowest BCUT2D eigenvalue weighted by molar-refractivity contribution is 0.0302. The zero-order valence-electron chi connectivity index (χ0n) is 8.45. The van der Waals surface area contributed by atoms with Crippen LogP contribution in [0.1, 0.15) is 10.4 Å². The molecule has 0 radical (unpaired) electrons. The number of ether oxygens (including phenoxy) is 1. The van der Waals surface area contributed by atoms with Gasteiger partial charge in [-0.3, -0.25) is 4.79 Å². The van der Waals surface area contributed by atoms with Crippen LogP contribution in [0, 0.1) is 0 Å². The van der Waals surface area contributed by atoms with Crippen molar-refractivity contribution in [2.75, 3.05) is 26.3 Å². The lowest BCUT2D eigenvalue weighted by atomic mass is 10.2. The molecule has 0 bridgehead atoms. The summed E-state index contributed by atoms with van der Waals surface area (Å²) in [5.41, 5.74) is 0.635. The van der Waals surface area contributed by atoms with Crippen LogP contribution in [0.4, 0.5) is 0 Å². The van der Waals surface area contributed by atoms with E-state index < -0.39 is 0 Å². The van der Waals surface area contributed by atoms with E-state index in [1.165, 1.54) is 0 Å². The molecule has 1 amide bonds. The lowest BCUT2D eigenvalue weighted by Gasteiger charge is -2.26. The van der Waals surface area contributed by atoms with Gasteiger partial charge in [-0.1, -0.05) is 0 Å². The molecular weight excluding hydrogens is 340 g/mol. The fraction of sp³-hybridized carbons (Fsp3) is 0.400. The predicted molar refractivity (Wildman–Crippen MR) is 66.4 cm³/mol. The number of hydrogen-bond donors (Lipinski definition) is 0. The van der Waals surface area contributed by atoms with Gasteiger partial charge in [-0.05, 0) is 44.0 Å². The van der Waals surface area contributed by atoms with Crippen molar-refractivity contribution < 1.29 is 9.53 Å². The third-order valence-corrected chi connectivity index (χ3v) is 3.12. The number of hydrogen-bond acceptors (Lipinski definition) is 3. The number of morpholine rings is 1. The fourth-order valence-electron chi connectivity index (χ4n) is 1.54. The molecule has 0 atom stereocenters. The van der Waals surface area contributed by atoms with Crippen LogP contribution in [-0.2, 0) is 4.74 Å². The van der Waals surface area contributed by atoms with Crippen LogP contribution in [0.3, 0.4) is 0 Å². The Morgan fingerprint density at radius 1 is 1.25 bits per heavy atom. The largest absolute Gasteiger partial charge is 0.378 e. The van der Waals surface area contributed by atoms with Crippen molar-refractivity contribution in [3.05, 3.63) is 26.9 Å². The highest BCUT2D eigenvalue weighted by Crippen LogP contribution is 2.17. The van der Waals surface area contributed by atoms with Gasteiger partial charge in [0.2, 0.25) is 0 Å². The van der Waals surface area contributed by atoms with Crippen LogP contribution in [-0.4, -0.2) is 42.1 Å². The first kappa shape index (κ1) is 12.0. The molecule has 16 heavy (non-hydrogen) atoms. The number of carbonyl (C=O) groups excluding carboxylic acids is 1. The van der Waals surface area contributed by atoms with Crippen LogP contribution < -0.4 is 0 Å². The number of halogens is 2. The van der Waals surface area contributed by atoms with E-state index in [2.05, 4.69) is 36.8 Å². The molecular formula is C10H10Br2N2O2. The van der Waals surface area contributed by atoms with Gasteiger partial charge in [-0.25, -0.2) is 4.98 Å². The zero-order chi connectivity index (χ0) is 11.5. The molecule has 1 fully saturated rings. The molecule has 1 aliphatic heterocycles. The molecule has 0 aliphatic carbocycles. The Bertz CT molecular complexity index is 386. The number of rotatable bonds is 1. The standard InChI is InChI=1S/C10H10Br2N2O2/c11-8-5-7(6-9(12)13-8)10(15)14-1-3-16-4-2-14/h5-6H,1-4H2. The van der Waals surface area contributed by atoms with Crippen molar-refractivity contribution in [1.82, 2.24) is 9.88 Å². The van der Waals surface area contributed by atoms with E-state index in [4.69, 9.17) is 4.74 Å². The number of nitrogens with zero attached hydrogens (tertiary/aromatic N) is 2. The summed E-state index contributed by atoms with van der Waals surface area (Å²) in [5, 5.41) is 0. The van der Waals surface area contributed by atoms with Crippen LogP contribution in [0.25, 0.3) is 0 Å². The summed E-state index contributed by atoms with van der Waals surface area (Å²) >= 11 is 6.54. The summed E-state index contributed by atoms with van der Waals surface area (Å²) in [7, 11) is 0. The molecule has 1 aromatic rings. The van der Waals surface area contributed by atoms with E-state index in [0.717, 1.165) is 0 Å². The Morgan fingerprint density at radius 2 is 1.81 bits per heavy atom. The maximum atomic E-state index is 12.1. The fourth-order valence-corrected chi connectivity index (χ4v) is 2.65. The molecule has 0 saturated carbocycles. The molecule has 2 heterocycles. The van der Waals surface area contributed by atoms with Gasteiger partial charge in [0.1, 0.15) is 9.21 Å². The quantitative estimate of drug-likeness (QED) is 0.729. The average molecular weight is 350 g/mol. The molecule has 0 spiro atoms. The van der Waals surface area contributed by atoms with E-state index >= 15 is 0 Å². The van der Waals surface area contributed by atoms with Crippen LogP contribution in [0.2, 0.25) is 0 Å². The Balaban J connectivity index is 2.19. The SMILES string of the molecule is O=C(c1cc(Br)nc(Br)c1)N1CCOCC1. The van der Waals surface area contributed by atoms with Gasteiger partial charge >= 0.3 is 0 Å². The minimum absolute atomic E-state index is 0.0205. The number of carbonyl (C=O) groups is 1. The van der Waals surface area contributed by atoms with Gasteiger partial charge in [0.05, 0.1) is 13.2 Å². The second kappa shape index (κ2) is 5.25. The second-order valence-electron chi connectivity index (χ2n) is 3.41. The van der Waals surface area contributed by atoms with Crippen molar-refractivity contribution in [3.8, 4) is 0 Å². The minimum atomic E-state index is 0.0205. The molecule has 1 aromatic heterocycles. The van der Waals surface area contributed by atoms with E-state index in [9.17, 15) is 4.79 Å². The van der Waals surface area contributed by atoms with E-state index in [0.29, 0.717) is 41.1 Å². The molecule has 1 saturated heterocycles. The topological polar surface area (TPSA) is 42.4 Å². The van der Waals surface area contributed by atoms with Crippen LogP contribution in [0.5, 0.6) is 0 Å². The highest BCUT2D eigenvalue weighted by Gasteiger charge is 2.19. The van der Waals surface area contributed by atoms with Crippen molar-refractivity contribution in [2.24, 2.45) is 0 Å². The Morgan fingerprint density at radius 3 is 2.38 bits per heavy atom. The molecule has 1 aliphatic rings. The van der Waals surface area contributed by atoms with Crippen LogP contribution in [0.15, 0.2) is 21.3 Å². The van der Waals surface area contributed by atoms with E-state index in [1.807, 2.05) is 0 Å². The normalized spacial score (nSPS) is 16.2. The van der Waals surface area contributed by atoms with Gasteiger partial charge in [0.15, 0.2) is 0 Å². The van der Waals surface area contributed by atoms with Crippen molar-refractivity contribution in [2.45, 2.75) is 0 Å². The van der Waals surface area contributed by atoms with Gasteiger partial charge < -0.3 is 9.64 Å². The average Bonchev–Trinajstić information content (AvgIpc) is 2.28. The van der Waals surface area contributed by atoms with Gasteiger partial charge in [0, 0.05) is 18.7 Å². The third-order valence-electron chi connectivity index (χ3n) is 2.31. The summed E-state index contributed by atoms with van der Waals surface area (Å²) in [6.07, 6.45) is 0. The Hall–Kier alpha value is -0.460. The highest BCUT2D eigenvalue weighted by atomic mass is 79.9. The molecule has 0 aromatic carbocycles. The van der Waals surface area contributed by atoms with Gasteiger partial charge in [-0.15, -0.1) is 0 Å². The maximum absolute atomic E-state index is 12.1. The third kappa shape index (κ3) is 2.81. The van der Waals surface area contributed by atoms with Crippen LogP contribution >= 0.6 is 31.9 Å². The Kier molecular flexibility index (Phi) is 3.94. The van der Waals surface area contributed by atoms with Gasteiger partial charge in [-0.2, -0.15) is 0 Å². The first-order valence-corrected chi connectivity index (χ1v) is 6.45. The monoisotopic (exact) mass is 348 g/mol. The van der Waals surface area contributed by atoms with E-state index in [1.54, 1.807) is 17.0 Å². The summed E-state index contributed by atoms with van der Waals surface area (Å²) in [6.45, 7) is 2.52. The molecule has 4 nitrogen and oxygen atoms in total. The Labute approximate surface area is 110 Å². The van der Waals surface area contributed by atoms with Crippen molar-refractivity contribution >= 4 is 37.8 Å². The first-order chi connectivity index (χ1) is 7.66. The smallest absolute Gasteiger partial charge is 0.254 e. The summed E-state index contributed by atoms with van der Waals surface area (Å²) in [5.74, 6) is 0.0205. The molecule has 6 heteroatoms. The summed E-state index contributed by atoms with van der Waals surface area (Å²) in [6, 6.07) is 3.45. The minimum Gasteiger partial charge on any atom is -0.378 e. The number of aromatic nitrogens is 1. The number of amides is 1. The summed E-state index contributed by atoms with van der Waals surface area (Å²) < 4.78 is 6.51. The first-order valence-electron chi connectivity index (χ1n) is 4.87. The van der Waals surface area contributed by atoms with Crippen molar-refractivity contribution in [1.29, 1.82) is 0 Å². The molecule has 2 rings (SSSR count). The summed E-state index contributed by atoms with van der Waals surface area (Å²) in [4.78, 5) is 18.0. The molecule has 0 unspecified atom stereocenters. The van der Waals surface area contributed by atoms with E-state index in [-0.39, 0.29) is 5.91 Å². The molecule has 86 valence electrons. The van der Waals surface area contributed by atoms with Gasteiger partial charge in [0.25, 0.3) is 5.91 Å².